The van der Waals surface area contributed by atoms with E-state index in [4.69, 9.17) is 0 Å². The molecule has 0 aliphatic carbocycles. The van der Waals surface area contributed by atoms with Crippen LogP contribution in [0.1, 0.15) is 11.1 Å². The van der Waals surface area contributed by atoms with E-state index >= 15 is 0 Å². The van der Waals surface area contributed by atoms with Crippen LogP contribution in [0.3, 0.4) is 0 Å². The molecule has 0 bridgehead atoms. The summed E-state index contributed by atoms with van der Waals surface area (Å²) in [5.74, 6) is 0. The molecule has 2 aromatic heterocycles. The zero-order chi connectivity index (χ0) is 44.1. The van der Waals surface area contributed by atoms with Gasteiger partial charge in [-0.25, -0.2) is 0 Å². The molecule has 0 fully saturated rings. The summed E-state index contributed by atoms with van der Waals surface area (Å²) < 4.78 is 4.58. The van der Waals surface area contributed by atoms with Crippen molar-refractivity contribution in [1.29, 1.82) is 10.5 Å². The fourth-order valence-electron chi connectivity index (χ4n) is 9.85. The average molecular weight is 839 g/mol. The zero-order valence-corrected chi connectivity index (χ0v) is 35.7. The van der Waals surface area contributed by atoms with Gasteiger partial charge in [-0.15, -0.1) is 0 Å². The first kappa shape index (κ1) is 38.5. The molecule has 12 rings (SSSR count). The first-order chi connectivity index (χ1) is 32.6. The topological polar surface area (TPSA) is 57.4 Å². The lowest BCUT2D eigenvalue weighted by molar-refractivity contribution is 1.14. The molecule has 10 aromatic carbocycles. The minimum atomic E-state index is 0.510. The lowest BCUT2D eigenvalue weighted by Crippen LogP contribution is -2.04. The number of fused-ring (bicyclic) bond motifs is 6. The minimum Gasteiger partial charge on any atom is -0.309 e. The van der Waals surface area contributed by atoms with Crippen molar-refractivity contribution < 1.29 is 0 Å². The summed E-state index contributed by atoms with van der Waals surface area (Å²) in [5, 5.41) is 26.2. The van der Waals surface area contributed by atoms with Gasteiger partial charge < -0.3 is 9.13 Å². The third-order valence-corrected chi connectivity index (χ3v) is 13.0. The van der Waals surface area contributed by atoms with Crippen LogP contribution in [0, 0.1) is 22.7 Å². The van der Waals surface area contributed by atoms with Gasteiger partial charge in [-0.3, -0.25) is 0 Å². The first-order valence-corrected chi connectivity index (χ1v) is 22.1. The van der Waals surface area contributed by atoms with Crippen LogP contribution in [0.4, 0.5) is 0 Å². The molecule has 0 aliphatic rings. The summed E-state index contributed by atoms with van der Waals surface area (Å²) in [4.78, 5) is 0. The summed E-state index contributed by atoms with van der Waals surface area (Å²) in [6.45, 7) is 0. The highest BCUT2D eigenvalue weighted by molar-refractivity contribution is 6.13. The normalized spacial score (nSPS) is 11.3. The predicted octanol–water partition coefficient (Wildman–Crippen LogP) is 16.0. The molecule has 306 valence electrons. The summed E-state index contributed by atoms with van der Waals surface area (Å²) in [6.07, 6.45) is 0. The molecule has 0 saturated carbocycles. The van der Waals surface area contributed by atoms with Gasteiger partial charge >= 0.3 is 0 Å². The van der Waals surface area contributed by atoms with E-state index in [1.54, 1.807) is 0 Å². The largest absolute Gasteiger partial charge is 0.309 e. The lowest BCUT2D eigenvalue weighted by Gasteiger charge is -2.19. The molecule has 4 heteroatoms. The van der Waals surface area contributed by atoms with E-state index in [-0.39, 0.29) is 0 Å². The first-order valence-electron chi connectivity index (χ1n) is 22.1. The van der Waals surface area contributed by atoms with Gasteiger partial charge in [0, 0.05) is 32.8 Å². The summed E-state index contributed by atoms with van der Waals surface area (Å²) in [5.41, 5.74) is 17.3. The Hall–Kier alpha value is -9.22. The molecular weight excluding hydrogens is 801 g/mol. The molecule has 0 saturated heterocycles. The van der Waals surface area contributed by atoms with Crippen molar-refractivity contribution in [2.45, 2.75) is 0 Å². The molecule has 12 aromatic rings. The fraction of sp³-hybridized carbons (Fsp3) is 0. The van der Waals surface area contributed by atoms with Gasteiger partial charge in [-0.05, 0) is 111 Å². The third kappa shape index (κ3) is 6.45. The number of nitriles is 2. The number of nitrogens with zero attached hydrogens (tertiary/aromatic N) is 4. The van der Waals surface area contributed by atoms with E-state index < -0.39 is 0 Å². The number of hydrogen-bond acceptors (Lipinski definition) is 2. The van der Waals surface area contributed by atoms with E-state index in [2.05, 4.69) is 197 Å². The van der Waals surface area contributed by atoms with E-state index in [0.29, 0.717) is 11.1 Å². The van der Waals surface area contributed by atoms with Crippen LogP contribution in [0.25, 0.3) is 111 Å². The van der Waals surface area contributed by atoms with Gasteiger partial charge in [-0.1, -0.05) is 170 Å². The van der Waals surface area contributed by atoms with Crippen LogP contribution in [0.2, 0.25) is 0 Å². The molecule has 0 unspecified atom stereocenters. The van der Waals surface area contributed by atoms with Gasteiger partial charge in [0.2, 0.25) is 0 Å². The third-order valence-electron chi connectivity index (χ3n) is 13.0. The van der Waals surface area contributed by atoms with Crippen LogP contribution >= 0.6 is 0 Å². The molecule has 4 nitrogen and oxygen atoms in total. The minimum absolute atomic E-state index is 0.510. The Morgan fingerprint density at radius 3 is 1.21 bits per heavy atom. The van der Waals surface area contributed by atoms with Crippen molar-refractivity contribution in [1.82, 2.24) is 9.13 Å². The highest BCUT2D eigenvalue weighted by Gasteiger charge is 2.24. The van der Waals surface area contributed by atoms with Crippen molar-refractivity contribution in [2.24, 2.45) is 0 Å². The van der Waals surface area contributed by atoms with Crippen molar-refractivity contribution >= 4 is 43.6 Å². The summed E-state index contributed by atoms with van der Waals surface area (Å²) in [6, 6.07) is 85.6. The fourth-order valence-corrected chi connectivity index (χ4v) is 9.85. The number of aromatic nitrogens is 2. The van der Waals surface area contributed by atoms with Crippen LogP contribution in [-0.4, -0.2) is 9.13 Å². The molecule has 0 amide bonds. The highest BCUT2D eigenvalue weighted by Crippen LogP contribution is 2.44. The highest BCUT2D eigenvalue weighted by atomic mass is 15.0. The number of hydrogen-bond donors (Lipinski definition) is 0. The molecule has 0 aliphatic heterocycles. The Morgan fingerprint density at radius 2 is 0.727 bits per heavy atom. The lowest BCUT2D eigenvalue weighted by atomic mass is 9.97. The van der Waals surface area contributed by atoms with Gasteiger partial charge in [0.1, 0.15) is 6.07 Å². The van der Waals surface area contributed by atoms with Gasteiger partial charge in [-0.2, -0.15) is 10.5 Å². The van der Waals surface area contributed by atoms with E-state index in [9.17, 15) is 10.5 Å². The Balaban J connectivity index is 1.18. The Morgan fingerprint density at radius 1 is 0.288 bits per heavy atom. The van der Waals surface area contributed by atoms with Crippen LogP contribution in [0.15, 0.2) is 231 Å². The monoisotopic (exact) mass is 838 g/mol. The standard InChI is InChI=1S/C62H38N4/c63-39-41-14-13-23-50(32-41)55-38-52(65-58-30-26-46(42-15-5-1-6-16-42)34-56(58)53-28-24-48(36-60(53)65)44-19-9-3-10-20-44)33-51(40-64)62(55)66-59-31-27-47(43-17-7-2-8-18-43)35-57(59)54-29-25-49(37-61(54)66)45-21-11-4-12-22-45/h1-38H. The second kappa shape index (κ2) is 15.8. The smallest absolute Gasteiger partial charge is 0.101 e. The van der Waals surface area contributed by atoms with Gasteiger partial charge in [0.05, 0.1) is 45.0 Å². The van der Waals surface area contributed by atoms with E-state index in [1.807, 2.05) is 54.6 Å². The van der Waals surface area contributed by atoms with Crippen LogP contribution in [-0.2, 0) is 0 Å². The van der Waals surface area contributed by atoms with Crippen molar-refractivity contribution in [3.8, 4) is 79.1 Å². The Labute approximate surface area is 382 Å². The second-order valence-electron chi connectivity index (χ2n) is 16.8. The molecule has 0 atom stereocenters. The summed E-state index contributed by atoms with van der Waals surface area (Å²) >= 11 is 0. The SMILES string of the molecule is N#Cc1cccc(-c2cc(-n3c4ccc(-c5ccccc5)cc4c4ccc(-c5ccccc5)cc43)cc(C#N)c2-n2c3ccc(-c4ccccc4)cc3c3ccc(-c4ccccc4)cc32)c1. The molecular formula is C62H38N4. The zero-order valence-electron chi connectivity index (χ0n) is 35.7. The quantitative estimate of drug-likeness (QED) is 0.161. The Bertz CT molecular complexity index is 3920. The number of rotatable bonds is 7. The van der Waals surface area contributed by atoms with E-state index in [0.717, 1.165) is 111 Å². The summed E-state index contributed by atoms with van der Waals surface area (Å²) in [7, 11) is 0. The maximum Gasteiger partial charge on any atom is 0.101 e. The van der Waals surface area contributed by atoms with Crippen molar-refractivity contribution in [3.63, 3.8) is 0 Å². The Kier molecular flexibility index (Phi) is 9.23. The average Bonchev–Trinajstić information content (AvgIpc) is 3.90. The molecule has 0 radical (unpaired) electrons. The van der Waals surface area contributed by atoms with Gasteiger partial charge in [0.25, 0.3) is 0 Å². The molecule has 0 spiro atoms. The molecule has 2 heterocycles. The van der Waals surface area contributed by atoms with Gasteiger partial charge in [0.15, 0.2) is 0 Å². The van der Waals surface area contributed by atoms with E-state index in [1.165, 1.54) is 0 Å². The van der Waals surface area contributed by atoms with Crippen LogP contribution < -0.4 is 0 Å². The maximum absolute atomic E-state index is 11.5. The van der Waals surface area contributed by atoms with Crippen molar-refractivity contribution in [3.05, 3.63) is 242 Å². The molecule has 0 N–H and O–H groups in total. The van der Waals surface area contributed by atoms with Crippen molar-refractivity contribution in [2.75, 3.05) is 0 Å². The predicted molar refractivity (Wildman–Crippen MR) is 272 cm³/mol. The number of benzene rings is 10. The maximum atomic E-state index is 11.5. The van der Waals surface area contributed by atoms with Crippen LogP contribution in [0.5, 0.6) is 0 Å². The second-order valence-corrected chi connectivity index (χ2v) is 16.8. The molecule has 66 heavy (non-hydrogen) atoms.